The number of hydrogen-bond donors (Lipinski definition) is 0. The van der Waals surface area contributed by atoms with Crippen LogP contribution in [0.15, 0.2) is 35.4 Å². The van der Waals surface area contributed by atoms with E-state index in [0.717, 1.165) is 17.1 Å². The lowest BCUT2D eigenvalue weighted by Gasteiger charge is -2.17. The van der Waals surface area contributed by atoms with Crippen LogP contribution in [0.1, 0.15) is 12.8 Å². The molecule has 21 heavy (non-hydrogen) atoms. The van der Waals surface area contributed by atoms with Crippen molar-refractivity contribution in [1.82, 2.24) is 13.9 Å². The average molecular weight is 320 g/mol. The largest absolute Gasteiger partial charge is 0.265 e. The minimum atomic E-state index is -3.79. The topological polar surface area (TPSA) is 87.0 Å². The number of nitriles is 1. The van der Waals surface area contributed by atoms with E-state index in [1.807, 2.05) is 36.4 Å². The zero-order valence-electron chi connectivity index (χ0n) is 11.0. The third-order valence-corrected chi connectivity index (χ3v) is 6.13. The van der Waals surface area contributed by atoms with Gasteiger partial charge in [-0.2, -0.15) is 9.57 Å². The van der Waals surface area contributed by atoms with Crippen molar-refractivity contribution in [2.75, 3.05) is 6.54 Å². The van der Waals surface area contributed by atoms with Crippen LogP contribution in [0.5, 0.6) is 0 Å². The molecule has 0 radical (unpaired) electrons. The van der Waals surface area contributed by atoms with Gasteiger partial charge in [-0.05, 0) is 29.9 Å². The maximum atomic E-state index is 12.7. The van der Waals surface area contributed by atoms with E-state index < -0.39 is 16.1 Å². The number of hydrogen-bond acceptors (Lipinski definition) is 6. The van der Waals surface area contributed by atoms with Crippen molar-refractivity contribution < 1.29 is 8.42 Å². The summed E-state index contributed by atoms with van der Waals surface area (Å²) in [6, 6.07) is 10.6. The molecule has 2 heterocycles. The molecule has 0 N–H and O–H groups in total. The predicted octanol–water partition coefficient (Wildman–Crippen LogP) is 1.88. The fraction of sp³-hybridized carbons (Fsp3) is 0.308. The number of aromatic nitrogens is 2. The highest BCUT2D eigenvalue weighted by molar-refractivity contribution is 7.89. The van der Waals surface area contributed by atoms with E-state index in [1.165, 1.54) is 4.31 Å². The van der Waals surface area contributed by atoms with E-state index in [-0.39, 0.29) is 5.03 Å². The molecular formula is C13H12N4O2S2. The van der Waals surface area contributed by atoms with Crippen LogP contribution in [-0.4, -0.2) is 34.9 Å². The van der Waals surface area contributed by atoms with Gasteiger partial charge in [-0.25, -0.2) is 8.42 Å². The molecule has 0 saturated carbocycles. The summed E-state index contributed by atoms with van der Waals surface area (Å²) in [5, 5.41) is 12.8. The average Bonchev–Trinajstić information content (AvgIpc) is 3.17. The molecule has 0 aliphatic carbocycles. The Morgan fingerprint density at radius 2 is 2.10 bits per heavy atom. The molecule has 1 unspecified atom stereocenters. The lowest BCUT2D eigenvalue weighted by Crippen LogP contribution is -2.35. The molecule has 1 aliphatic heterocycles. The second-order valence-electron chi connectivity index (χ2n) is 4.68. The third kappa shape index (κ3) is 2.44. The Bertz CT molecular complexity index is 780. The summed E-state index contributed by atoms with van der Waals surface area (Å²) in [5.41, 5.74) is 0.763. The van der Waals surface area contributed by atoms with Crippen LogP contribution in [0.2, 0.25) is 0 Å². The first kappa shape index (κ1) is 14.1. The summed E-state index contributed by atoms with van der Waals surface area (Å²) in [7, 11) is -3.79. The van der Waals surface area contributed by atoms with E-state index in [2.05, 4.69) is 9.59 Å². The van der Waals surface area contributed by atoms with Crippen LogP contribution in [0.3, 0.4) is 0 Å². The Morgan fingerprint density at radius 3 is 2.81 bits per heavy atom. The van der Waals surface area contributed by atoms with Crippen molar-refractivity contribution in [3.05, 3.63) is 30.3 Å². The molecule has 0 spiro atoms. The second-order valence-corrected chi connectivity index (χ2v) is 7.24. The van der Waals surface area contributed by atoms with Gasteiger partial charge < -0.3 is 0 Å². The molecular weight excluding hydrogens is 308 g/mol. The van der Waals surface area contributed by atoms with Crippen LogP contribution in [0.4, 0.5) is 0 Å². The number of rotatable bonds is 3. The standard InChI is InChI=1S/C13H12N4O2S2/c14-9-11-7-4-8-17(11)21(18,19)13-12(20-16-15-13)10-5-2-1-3-6-10/h1-3,5-6,11H,4,7-8H2. The maximum Gasteiger partial charge on any atom is 0.265 e. The summed E-state index contributed by atoms with van der Waals surface area (Å²) >= 11 is 1.05. The van der Waals surface area contributed by atoms with Crippen molar-refractivity contribution in [2.45, 2.75) is 23.9 Å². The molecule has 0 bridgehead atoms. The van der Waals surface area contributed by atoms with Gasteiger partial charge in [-0.3, -0.25) is 0 Å². The molecule has 108 valence electrons. The van der Waals surface area contributed by atoms with E-state index in [9.17, 15) is 8.42 Å². The first-order chi connectivity index (χ1) is 10.1. The van der Waals surface area contributed by atoms with Gasteiger partial charge in [0, 0.05) is 6.54 Å². The SMILES string of the molecule is N#CC1CCCN1S(=O)(=O)c1nnsc1-c1ccccc1. The van der Waals surface area contributed by atoms with Gasteiger partial charge in [0.15, 0.2) is 0 Å². The predicted molar refractivity (Wildman–Crippen MR) is 77.9 cm³/mol. The molecule has 8 heteroatoms. The second kappa shape index (κ2) is 5.52. The van der Waals surface area contributed by atoms with Crippen LogP contribution < -0.4 is 0 Å². The first-order valence-corrected chi connectivity index (χ1v) is 8.65. The molecule has 1 atom stereocenters. The van der Waals surface area contributed by atoms with Crippen molar-refractivity contribution in [3.63, 3.8) is 0 Å². The highest BCUT2D eigenvalue weighted by Crippen LogP contribution is 2.33. The minimum absolute atomic E-state index is 0.0548. The lowest BCUT2D eigenvalue weighted by molar-refractivity contribution is 0.435. The molecule has 1 saturated heterocycles. The summed E-state index contributed by atoms with van der Waals surface area (Å²) in [6.07, 6.45) is 1.25. The number of sulfonamides is 1. The van der Waals surface area contributed by atoms with Gasteiger partial charge in [-0.15, -0.1) is 5.10 Å². The smallest absolute Gasteiger partial charge is 0.205 e. The molecule has 2 aromatic rings. The fourth-order valence-electron chi connectivity index (χ4n) is 2.39. The van der Waals surface area contributed by atoms with Gasteiger partial charge in [-0.1, -0.05) is 34.8 Å². The Kier molecular flexibility index (Phi) is 3.71. The quantitative estimate of drug-likeness (QED) is 0.861. The van der Waals surface area contributed by atoms with Crippen LogP contribution in [0, 0.1) is 11.3 Å². The third-order valence-electron chi connectivity index (χ3n) is 3.40. The summed E-state index contributed by atoms with van der Waals surface area (Å²) < 4.78 is 30.5. The normalized spacial score (nSPS) is 19.5. The zero-order chi connectivity index (χ0) is 14.9. The molecule has 1 aromatic carbocycles. The van der Waals surface area contributed by atoms with E-state index in [4.69, 9.17) is 5.26 Å². The maximum absolute atomic E-state index is 12.7. The number of benzene rings is 1. The zero-order valence-corrected chi connectivity index (χ0v) is 12.6. The van der Waals surface area contributed by atoms with Gasteiger partial charge in [0.1, 0.15) is 6.04 Å². The van der Waals surface area contributed by atoms with Crippen molar-refractivity contribution >= 4 is 21.6 Å². The number of nitrogens with zero attached hydrogens (tertiary/aromatic N) is 4. The van der Waals surface area contributed by atoms with Crippen molar-refractivity contribution in [2.24, 2.45) is 0 Å². The monoisotopic (exact) mass is 320 g/mol. The Hall–Kier alpha value is -1.82. The highest BCUT2D eigenvalue weighted by atomic mass is 32.2. The fourth-order valence-corrected chi connectivity index (χ4v) is 5.00. The Labute approximate surface area is 126 Å². The highest BCUT2D eigenvalue weighted by Gasteiger charge is 2.38. The first-order valence-electron chi connectivity index (χ1n) is 6.44. The molecule has 1 aromatic heterocycles. The van der Waals surface area contributed by atoms with Gasteiger partial charge in [0.05, 0.1) is 10.9 Å². The molecule has 1 fully saturated rings. The van der Waals surface area contributed by atoms with E-state index >= 15 is 0 Å². The summed E-state index contributed by atoms with van der Waals surface area (Å²) in [4.78, 5) is 0.513. The molecule has 6 nitrogen and oxygen atoms in total. The molecule has 0 amide bonds. The van der Waals surface area contributed by atoms with Gasteiger partial charge in [0.25, 0.3) is 10.0 Å². The Balaban J connectivity index is 2.06. The summed E-state index contributed by atoms with van der Waals surface area (Å²) in [5.74, 6) is 0. The van der Waals surface area contributed by atoms with Gasteiger partial charge in [0.2, 0.25) is 5.03 Å². The molecule has 3 rings (SSSR count). The van der Waals surface area contributed by atoms with E-state index in [1.54, 1.807) is 0 Å². The van der Waals surface area contributed by atoms with Crippen LogP contribution in [0.25, 0.3) is 10.4 Å². The van der Waals surface area contributed by atoms with E-state index in [0.29, 0.717) is 24.3 Å². The molecule has 1 aliphatic rings. The summed E-state index contributed by atoms with van der Waals surface area (Å²) in [6.45, 7) is 0.353. The Morgan fingerprint density at radius 1 is 1.33 bits per heavy atom. The van der Waals surface area contributed by atoms with Gasteiger partial charge >= 0.3 is 0 Å². The van der Waals surface area contributed by atoms with Crippen molar-refractivity contribution in [1.29, 1.82) is 5.26 Å². The minimum Gasteiger partial charge on any atom is -0.205 e. The van der Waals surface area contributed by atoms with Crippen LogP contribution >= 0.6 is 11.5 Å². The lowest BCUT2D eigenvalue weighted by atomic mass is 10.2. The van der Waals surface area contributed by atoms with Crippen molar-refractivity contribution in [3.8, 4) is 16.5 Å². The van der Waals surface area contributed by atoms with Crippen LogP contribution in [-0.2, 0) is 10.0 Å².